The Balaban J connectivity index is 1.24. The number of likely N-dealkylation sites (N-methyl/N-ethyl adjacent to an activating group) is 2. The molecule has 75 heavy (non-hydrogen) atoms. The standard InChI is InChI=1S/C56H86FN7O11/c1-14-46-56(10,70)49(66)36(6)63(12)30-32(2)25-54(8,69)51(34(4)47(35(5)52(68)74-46)45-26-55(9,71-13)50(67)37(7)73-45)75-53-48(65)44(23-33(3)72-53)62(11)22-21-42-31-64(61-60-42)43(27-57)24-38-15-17-39(18-16-38)40-19-20-41(28-58)59-29-40/h15-20,29,31-37,43-51,53,65-67,69-70H,14,21-27,30H2,1-13H3/t32-,33-,34+,35-,36-,37+,43+,44+,45?,46-,47+,48-,49-,50+,51-,53+,54-,55-,56-/m1/s1. The van der Waals surface area contributed by atoms with Crippen molar-refractivity contribution in [2.75, 3.05) is 41.0 Å². The number of hydrogen-bond acceptors (Lipinski definition) is 17. The van der Waals surface area contributed by atoms with Gasteiger partial charge in [0.05, 0.1) is 53.3 Å². The smallest absolute Gasteiger partial charge is 0.309 e. The number of cyclic esters (lactones) is 1. The lowest BCUT2D eigenvalue weighted by atomic mass is 9.68. The molecule has 5 N–H and O–H groups in total. The molecule has 0 aliphatic carbocycles. The zero-order valence-corrected chi connectivity index (χ0v) is 46.4. The fourth-order valence-corrected chi connectivity index (χ4v) is 12.2. The van der Waals surface area contributed by atoms with Crippen molar-refractivity contribution >= 4 is 5.97 Å². The van der Waals surface area contributed by atoms with E-state index < -0.39 is 114 Å². The number of ether oxygens (including phenoxy) is 5. The highest BCUT2D eigenvalue weighted by molar-refractivity contribution is 5.73. The second kappa shape index (κ2) is 25.2. The van der Waals surface area contributed by atoms with Gasteiger partial charge in [-0.2, -0.15) is 5.26 Å². The molecule has 1 unspecified atom stereocenters. The number of hydrogen-bond donors (Lipinski definition) is 5. The molecule has 6 rings (SSSR count). The van der Waals surface area contributed by atoms with E-state index in [1.807, 2.05) is 81.1 Å². The van der Waals surface area contributed by atoms with Crippen molar-refractivity contribution in [1.82, 2.24) is 29.8 Å². The molecule has 0 spiro atoms. The van der Waals surface area contributed by atoms with Gasteiger partial charge in [0.25, 0.3) is 0 Å². The van der Waals surface area contributed by atoms with Crippen molar-refractivity contribution in [2.24, 2.45) is 23.7 Å². The Morgan fingerprint density at radius 1 is 0.987 bits per heavy atom. The van der Waals surface area contributed by atoms with Crippen molar-refractivity contribution < 1.29 is 58.4 Å². The summed E-state index contributed by atoms with van der Waals surface area (Å²) in [4.78, 5) is 22.7. The van der Waals surface area contributed by atoms with E-state index in [2.05, 4.69) is 15.3 Å². The van der Waals surface area contributed by atoms with E-state index >= 15 is 0 Å². The molecule has 5 heterocycles. The third kappa shape index (κ3) is 13.8. The van der Waals surface area contributed by atoms with E-state index in [-0.39, 0.29) is 31.3 Å². The van der Waals surface area contributed by atoms with Crippen molar-refractivity contribution in [2.45, 2.75) is 198 Å². The first-order chi connectivity index (χ1) is 35.3. The van der Waals surface area contributed by atoms with Gasteiger partial charge in [0.1, 0.15) is 48.5 Å². The lowest BCUT2D eigenvalue weighted by Gasteiger charge is -2.51. The molecule has 1 aromatic carbocycles. The van der Waals surface area contributed by atoms with Gasteiger partial charge in [0.2, 0.25) is 0 Å². The van der Waals surface area contributed by atoms with Crippen LogP contribution in [0.1, 0.15) is 118 Å². The molecule has 3 aliphatic heterocycles. The van der Waals surface area contributed by atoms with Gasteiger partial charge < -0.3 is 59.0 Å². The van der Waals surface area contributed by atoms with Gasteiger partial charge in [-0.1, -0.05) is 57.2 Å². The van der Waals surface area contributed by atoms with Gasteiger partial charge in [0.15, 0.2) is 6.29 Å². The van der Waals surface area contributed by atoms with Crippen LogP contribution < -0.4 is 0 Å². The average Bonchev–Trinajstić information content (AvgIpc) is 3.85. The number of esters is 1. The maximum Gasteiger partial charge on any atom is 0.309 e. The molecule has 0 saturated carbocycles. The molecule has 3 fully saturated rings. The largest absolute Gasteiger partial charge is 0.459 e. The topological polar surface area (TPSA) is 238 Å². The van der Waals surface area contributed by atoms with Crippen molar-refractivity contribution in [3.63, 3.8) is 0 Å². The van der Waals surface area contributed by atoms with Gasteiger partial charge in [-0.25, -0.2) is 14.1 Å². The van der Waals surface area contributed by atoms with Crippen LogP contribution in [0.15, 0.2) is 48.8 Å². The molecule has 0 amide bonds. The lowest BCUT2D eigenvalue weighted by molar-refractivity contribution is -0.302. The molecular formula is C56H86FN7O11. The van der Waals surface area contributed by atoms with Crippen LogP contribution in [0, 0.1) is 35.0 Å². The van der Waals surface area contributed by atoms with Crippen LogP contribution in [0.5, 0.6) is 0 Å². The van der Waals surface area contributed by atoms with E-state index in [4.69, 9.17) is 28.9 Å². The van der Waals surface area contributed by atoms with Gasteiger partial charge in [-0.05, 0) is 116 Å². The minimum atomic E-state index is -1.83. The highest BCUT2D eigenvalue weighted by atomic mass is 19.1. The van der Waals surface area contributed by atoms with E-state index in [1.165, 1.54) is 14.0 Å². The number of aromatic nitrogens is 4. The number of aliphatic hydroxyl groups excluding tert-OH is 3. The SMILES string of the molecule is CC[C@H]1OC(=O)[C@H](C)[C@@H](C2C[C@@](C)(OC)[C@@H](O)[C@H](C)O2)[C@H](C)[C@@H](O[C@@H]2O[C@H](C)C[C@H](N(C)CCc3cn([C@H](CF)Cc4ccc(-c5ccc(C#N)nc5)cc4)nn3)[C@H]2O)[C@](C)(O)C[C@@H](C)CN(C)[C@H](C)[C@@H](O)[C@]1(C)O. The summed E-state index contributed by atoms with van der Waals surface area (Å²) in [5.74, 6) is -3.25. The van der Waals surface area contributed by atoms with Crippen LogP contribution in [-0.2, 0) is 41.3 Å². The zero-order valence-electron chi connectivity index (χ0n) is 46.4. The first-order valence-electron chi connectivity index (χ1n) is 26.8. The number of alkyl halides is 1. The van der Waals surface area contributed by atoms with Crippen LogP contribution in [0.3, 0.4) is 0 Å². The Morgan fingerprint density at radius 3 is 2.28 bits per heavy atom. The van der Waals surface area contributed by atoms with Crippen molar-refractivity contribution in [1.29, 1.82) is 5.26 Å². The summed E-state index contributed by atoms with van der Waals surface area (Å²) in [6, 6.07) is 11.7. The maximum atomic E-state index is 14.6. The Hall–Kier alpha value is -4.04. The van der Waals surface area contributed by atoms with Crippen LogP contribution in [0.25, 0.3) is 11.1 Å². The molecular weight excluding hydrogens is 966 g/mol. The number of benzene rings is 1. The van der Waals surface area contributed by atoms with E-state index in [1.54, 1.807) is 64.7 Å². The number of nitrogens with zero attached hydrogens (tertiary/aromatic N) is 7. The zero-order chi connectivity index (χ0) is 55.3. The first-order valence-corrected chi connectivity index (χ1v) is 26.8. The van der Waals surface area contributed by atoms with Crippen LogP contribution in [-0.4, -0.2) is 186 Å². The number of carbonyl (C=O) groups is 1. The Labute approximate surface area is 443 Å². The predicted octanol–water partition coefficient (Wildman–Crippen LogP) is 5.07. The highest BCUT2D eigenvalue weighted by Gasteiger charge is 2.55. The lowest BCUT2D eigenvalue weighted by Crippen LogP contribution is -2.62. The number of nitriles is 1. The molecule has 19 heteroatoms. The summed E-state index contributed by atoms with van der Waals surface area (Å²) in [5.41, 5.74) is -0.811. The number of rotatable bonds is 14. The van der Waals surface area contributed by atoms with E-state index in [9.17, 15) is 34.7 Å². The number of carbonyl (C=O) groups excluding carboxylic acids is 1. The number of aliphatic hydroxyl groups is 5. The molecule has 3 aliphatic rings. The fourth-order valence-electron chi connectivity index (χ4n) is 12.2. The minimum Gasteiger partial charge on any atom is -0.459 e. The number of halogens is 1. The summed E-state index contributed by atoms with van der Waals surface area (Å²) < 4.78 is 48.4. The molecule has 3 aromatic rings. The summed E-state index contributed by atoms with van der Waals surface area (Å²) >= 11 is 0. The second-order valence-electron chi connectivity index (χ2n) is 23.0. The van der Waals surface area contributed by atoms with Gasteiger partial charge >= 0.3 is 5.97 Å². The molecule has 18 nitrogen and oxygen atoms in total. The van der Waals surface area contributed by atoms with E-state index in [0.717, 1.165) is 16.7 Å². The molecule has 2 aromatic heterocycles. The molecule has 19 atom stereocenters. The molecule has 3 saturated heterocycles. The molecule has 418 valence electrons. The summed E-state index contributed by atoms with van der Waals surface area (Å²) in [7, 11) is 5.27. The normalized spacial score (nSPS) is 38.3. The van der Waals surface area contributed by atoms with Crippen LogP contribution >= 0.6 is 0 Å². The number of pyridine rings is 1. The van der Waals surface area contributed by atoms with Gasteiger partial charge in [0, 0.05) is 69.0 Å². The van der Waals surface area contributed by atoms with Gasteiger partial charge in [-0.3, -0.25) is 4.79 Å². The summed E-state index contributed by atoms with van der Waals surface area (Å²) in [6.07, 6.45) is -3.46. The third-order valence-corrected chi connectivity index (χ3v) is 16.9. The maximum absolute atomic E-state index is 14.6. The predicted molar refractivity (Wildman–Crippen MR) is 279 cm³/mol. The first kappa shape index (κ1) is 60.2. The highest BCUT2D eigenvalue weighted by Crippen LogP contribution is 2.45. The minimum absolute atomic E-state index is 0.172. The number of methoxy groups -OCH3 is 1. The Morgan fingerprint density at radius 2 is 1.67 bits per heavy atom. The van der Waals surface area contributed by atoms with E-state index in [0.29, 0.717) is 43.7 Å². The monoisotopic (exact) mass is 1050 g/mol. The van der Waals surface area contributed by atoms with Crippen LogP contribution in [0.2, 0.25) is 0 Å². The van der Waals surface area contributed by atoms with Gasteiger partial charge in [-0.15, -0.1) is 5.10 Å². The van der Waals surface area contributed by atoms with Crippen LogP contribution in [0.4, 0.5) is 4.39 Å². The quantitative estimate of drug-likeness (QED) is 0.133. The summed E-state index contributed by atoms with van der Waals surface area (Å²) in [6.45, 7) is 18.0. The average molecular weight is 1050 g/mol. The Bertz CT molecular complexity index is 2340. The second-order valence-corrected chi connectivity index (χ2v) is 23.0. The van der Waals surface area contributed by atoms with Crippen molar-refractivity contribution in [3.8, 4) is 17.2 Å². The summed E-state index contributed by atoms with van der Waals surface area (Å²) in [5, 5.41) is 78.0. The van der Waals surface area contributed by atoms with Crippen molar-refractivity contribution in [3.05, 3.63) is 65.7 Å². The molecule has 0 bridgehead atoms. The third-order valence-electron chi connectivity index (χ3n) is 16.9. The Kier molecular flexibility index (Phi) is 20.2. The fraction of sp³-hybridized carbons (Fsp3) is 0.732. The molecule has 0 radical (unpaired) electrons.